The van der Waals surface area contributed by atoms with Crippen molar-refractivity contribution in [1.29, 1.82) is 0 Å². The SMILES string of the molecule is CCOc1ccc(CNC(=O)c2cc(C)nc3c2c(C)nn3-c2cccc(F)c2)cc1. The molecule has 1 N–H and O–H groups in total. The number of nitrogens with one attached hydrogen (secondary N) is 1. The van der Waals surface area contributed by atoms with E-state index >= 15 is 0 Å². The van der Waals surface area contributed by atoms with E-state index < -0.39 is 0 Å². The molecule has 2 aromatic heterocycles. The summed E-state index contributed by atoms with van der Waals surface area (Å²) in [5.41, 5.74) is 3.86. The van der Waals surface area contributed by atoms with Gasteiger partial charge in [-0.1, -0.05) is 18.2 Å². The molecule has 0 aliphatic carbocycles. The highest BCUT2D eigenvalue weighted by molar-refractivity contribution is 6.06. The van der Waals surface area contributed by atoms with Gasteiger partial charge < -0.3 is 10.1 Å². The molecule has 1 amide bonds. The maximum atomic E-state index is 13.7. The Kier molecular flexibility index (Phi) is 5.66. The molecule has 2 heterocycles. The topological polar surface area (TPSA) is 69.0 Å². The monoisotopic (exact) mass is 418 g/mol. The molecule has 158 valence electrons. The van der Waals surface area contributed by atoms with Crippen molar-refractivity contribution in [2.24, 2.45) is 0 Å². The third kappa shape index (κ3) is 4.26. The van der Waals surface area contributed by atoms with Crippen LogP contribution in [0.5, 0.6) is 5.75 Å². The highest BCUT2D eigenvalue weighted by atomic mass is 19.1. The molecular formula is C24H23FN4O2. The number of hydrogen-bond acceptors (Lipinski definition) is 4. The molecule has 4 rings (SSSR count). The van der Waals surface area contributed by atoms with E-state index in [1.54, 1.807) is 22.9 Å². The Morgan fingerprint density at radius 3 is 2.61 bits per heavy atom. The number of ether oxygens (including phenoxy) is 1. The molecule has 7 heteroatoms. The predicted octanol–water partition coefficient (Wildman–Crippen LogP) is 4.51. The summed E-state index contributed by atoms with van der Waals surface area (Å²) in [6, 6.07) is 15.5. The third-order valence-electron chi connectivity index (χ3n) is 4.93. The number of amides is 1. The molecule has 0 aliphatic rings. The van der Waals surface area contributed by atoms with Crippen molar-refractivity contribution in [2.45, 2.75) is 27.3 Å². The van der Waals surface area contributed by atoms with Crippen molar-refractivity contribution in [3.05, 3.63) is 82.9 Å². The first-order chi connectivity index (χ1) is 15.0. The molecule has 4 aromatic rings. The lowest BCUT2D eigenvalue weighted by Crippen LogP contribution is -2.23. The number of rotatable bonds is 6. The molecule has 2 aromatic carbocycles. The zero-order chi connectivity index (χ0) is 22.0. The standard InChI is InChI=1S/C24H23FN4O2/c1-4-31-20-10-8-17(9-11-20)14-26-24(30)21-12-15(2)27-23-22(21)16(3)28-29(23)19-7-5-6-18(25)13-19/h5-13H,4,14H2,1-3H3,(H,26,30). The lowest BCUT2D eigenvalue weighted by Gasteiger charge is -2.09. The van der Waals surface area contributed by atoms with Gasteiger partial charge in [0.05, 0.1) is 28.9 Å². The summed E-state index contributed by atoms with van der Waals surface area (Å²) in [7, 11) is 0. The van der Waals surface area contributed by atoms with Crippen molar-refractivity contribution in [1.82, 2.24) is 20.1 Å². The maximum Gasteiger partial charge on any atom is 0.252 e. The summed E-state index contributed by atoms with van der Waals surface area (Å²) in [5.74, 6) is 0.218. The summed E-state index contributed by atoms with van der Waals surface area (Å²) in [6.45, 7) is 6.56. The van der Waals surface area contributed by atoms with Gasteiger partial charge in [-0.15, -0.1) is 0 Å². The van der Waals surface area contributed by atoms with Crippen molar-refractivity contribution >= 4 is 16.9 Å². The molecule has 0 saturated heterocycles. The third-order valence-corrected chi connectivity index (χ3v) is 4.93. The molecule has 0 bridgehead atoms. The van der Waals surface area contributed by atoms with Crippen LogP contribution in [-0.4, -0.2) is 27.3 Å². The van der Waals surface area contributed by atoms with Crippen LogP contribution < -0.4 is 10.1 Å². The van der Waals surface area contributed by atoms with Gasteiger partial charge in [-0.2, -0.15) is 5.10 Å². The van der Waals surface area contributed by atoms with Crippen LogP contribution in [0.3, 0.4) is 0 Å². The average Bonchev–Trinajstić information content (AvgIpc) is 3.09. The molecule has 0 fully saturated rings. The minimum absolute atomic E-state index is 0.216. The van der Waals surface area contributed by atoms with Crippen LogP contribution in [0.4, 0.5) is 4.39 Å². The Balaban J connectivity index is 1.65. The maximum absolute atomic E-state index is 13.7. The van der Waals surface area contributed by atoms with Crippen molar-refractivity contribution in [3.8, 4) is 11.4 Å². The van der Waals surface area contributed by atoms with Crippen LogP contribution in [0.2, 0.25) is 0 Å². The Hall–Kier alpha value is -3.74. The highest BCUT2D eigenvalue weighted by Gasteiger charge is 2.19. The number of aryl methyl sites for hydroxylation is 2. The lowest BCUT2D eigenvalue weighted by atomic mass is 10.1. The summed E-state index contributed by atoms with van der Waals surface area (Å²) in [6.07, 6.45) is 0. The number of nitrogens with zero attached hydrogens (tertiary/aromatic N) is 3. The van der Waals surface area contributed by atoms with Crippen LogP contribution in [0, 0.1) is 19.7 Å². The van der Waals surface area contributed by atoms with Crippen molar-refractivity contribution in [3.63, 3.8) is 0 Å². The predicted molar refractivity (Wildman–Crippen MR) is 117 cm³/mol. The van der Waals surface area contributed by atoms with Gasteiger partial charge >= 0.3 is 0 Å². The van der Waals surface area contributed by atoms with Crippen LogP contribution in [-0.2, 0) is 6.54 Å². The van der Waals surface area contributed by atoms with Crippen molar-refractivity contribution in [2.75, 3.05) is 6.61 Å². The number of halogens is 1. The minimum Gasteiger partial charge on any atom is -0.494 e. The van der Waals surface area contributed by atoms with Crippen LogP contribution in [0.25, 0.3) is 16.7 Å². The first kappa shape index (κ1) is 20.5. The molecule has 31 heavy (non-hydrogen) atoms. The second-order valence-corrected chi connectivity index (χ2v) is 7.25. The summed E-state index contributed by atoms with van der Waals surface area (Å²) >= 11 is 0. The fraction of sp³-hybridized carbons (Fsp3) is 0.208. The molecule has 6 nitrogen and oxygen atoms in total. The second kappa shape index (κ2) is 8.55. The van der Waals surface area contributed by atoms with Gasteiger partial charge in [0, 0.05) is 12.2 Å². The van der Waals surface area contributed by atoms with E-state index in [0.717, 1.165) is 11.3 Å². The number of carbonyl (C=O) groups excluding carboxylic acids is 1. The van der Waals surface area contributed by atoms with Crippen LogP contribution in [0.1, 0.15) is 34.2 Å². The number of fused-ring (bicyclic) bond motifs is 1. The molecule has 0 unspecified atom stereocenters. The quantitative estimate of drug-likeness (QED) is 0.500. The van der Waals surface area contributed by atoms with Gasteiger partial charge in [-0.25, -0.2) is 14.1 Å². The van der Waals surface area contributed by atoms with Gasteiger partial charge in [-0.3, -0.25) is 4.79 Å². The van der Waals surface area contributed by atoms with Gasteiger partial charge in [0.1, 0.15) is 11.6 Å². The fourth-order valence-corrected chi connectivity index (χ4v) is 3.53. The first-order valence-corrected chi connectivity index (χ1v) is 10.1. The number of pyridine rings is 1. The number of benzene rings is 2. The van der Waals surface area contributed by atoms with E-state index in [1.807, 2.05) is 45.0 Å². The van der Waals surface area contributed by atoms with Gasteiger partial charge in [-0.05, 0) is 62.7 Å². The van der Waals surface area contributed by atoms with Gasteiger partial charge in [0.25, 0.3) is 5.91 Å². The zero-order valence-corrected chi connectivity index (χ0v) is 17.6. The van der Waals surface area contributed by atoms with E-state index in [9.17, 15) is 9.18 Å². The van der Waals surface area contributed by atoms with E-state index in [1.165, 1.54) is 12.1 Å². The van der Waals surface area contributed by atoms with Gasteiger partial charge in [0.15, 0.2) is 5.65 Å². The molecule has 0 radical (unpaired) electrons. The highest BCUT2D eigenvalue weighted by Crippen LogP contribution is 2.25. The second-order valence-electron chi connectivity index (χ2n) is 7.25. The van der Waals surface area contributed by atoms with Crippen LogP contribution in [0.15, 0.2) is 54.6 Å². The Morgan fingerprint density at radius 1 is 1.13 bits per heavy atom. The van der Waals surface area contributed by atoms with Gasteiger partial charge in [0.2, 0.25) is 0 Å². The summed E-state index contributed by atoms with van der Waals surface area (Å²) in [5, 5.41) is 8.14. The number of carbonyl (C=O) groups is 1. The number of aromatic nitrogens is 3. The minimum atomic E-state index is -0.361. The lowest BCUT2D eigenvalue weighted by molar-refractivity contribution is 0.0952. The molecule has 0 aliphatic heterocycles. The smallest absolute Gasteiger partial charge is 0.252 e. The normalized spacial score (nSPS) is 11.0. The Bertz CT molecular complexity index is 1250. The average molecular weight is 418 g/mol. The molecule has 0 spiro atoms. The van der Waals surface area contributed by atoms with Crippen molar-refractivity contribution < 1.29 is 13.9 Å². The fourth-order valence-electron chi connectivity index (χ4n) is 3.53. The van der Waals surface area contributed by atoms with E-state index in [0.29, 0.717) is 46.8 Å². The molecular weight excluding hydrogens is 395 g/mol. The summed E-state index contributed by atoms with van der Waals surface area (Å²) < 4.78 is 20.8. The molecule has 0 saturated carbocycles. The van der Waals surface area contributed by atoms with E-state index in [4.69, 9.17) is 4.74 Å². The summed E-state index contributed by atoms with van der Waals surface area (Å²) in [4.78, 5) is 17.6. The Labute approximate surface area is 179 Å². The van der Waals surface area contributed by atoms with E-state index in [2.05, 4.69) is 15.4 Å². The molecule has 0 atom stereocenters. The van der Waals surface area contributed by atoms with E-state index in [-0.39, 0.29) is 11.7 Å². The zero-order valence-electron chi connectivity index (χ0n) is 17.6. The largest absolute Gasteiger partial charge is 0.494 e. The Morgan fingerprint density at radius 2 is 1.90 bits per heavy atom. The number of hydrogen-bond donors (Lipinski definition) is 1. The van der Waals surface area contributed by atoms with Crippen LogP contribution >= 0.6 is 0 Å². The first-order valence-electron chi connectivity index (χ1n) is 10.1.